The van der Waals surface area contributed by atoms with Gasteiger partial charge in [-0.15, -0.1) is 30.0 Å². The van der Waals surface area contributed by atoms with Crippen molar-refractivity contribution < 1.29 is 10.2 Å². The minimum atomic E-state index is 0.0537. The van der Waals surface area contributed by atoms with Crippen LogP contribution in [0.3, 0.4) is 0 Å². The second-order valence-corrected chi connectivity index (χ2v) is 11.9. The molecule has 0 saturated carbocycles. The Labute approximate surface area is 270 Å². The Bertz CT molecular complexity index is 2260. The number of aromatic hydroxyl groups is 2. The molecule has 0 atom stereocenters. The van der Waals surface area contributed by atoms with Gasteiger partial charge in [-0.1, -0.05) is 84.9 Å². The smallest absolute Gasteiger partial charge is 0.146 e. The number of hydrogen-bond donors (Lipinski definition) is 2. The first-order chi connectivity index (χ1) is 22.9. The van der Waals surface area contributed by atoms with Crippen molar-refractivity contribution in [3.05, 3.63) is 144 Å². The highest BCUT2D eigenvalue weighted by atomic mass is 16.3. The Kier molecular flexibility index (Phi) is 6.76. The molecule has 0 unspecified atom stereocenters. The highest BCUT2D eigenvalue weighted by Gasteiger charge is 2.19. The second-order valence-electron chi connectivity index (χ2n) is 11.9. The van der Waals surface area contributed by atoms with Crippen molar-refractivity contribution in [3.63, 3.8) is 0 Å². The van der Waals surface area contributed by atoms with Gasteiger partial charge in [0.1, 0.15) is 44.9 Å². The fourth-order valence-corrected chi connectivity index (χ4v) is 6.11. The summed E-state index contributed by atoms with van der Waals surface area (Å²) >= 11 is 0. The average molecular weight is 615 g/mol. The van der Waals surface area contributed by atoms with Gasteiger partial charge in [-0.3, -0.25) is 0 Å². The lowest BCUT2D eigenvalue weighted by atomic mass is 9.98. The summed E-state index contributed by atoms with van der Waals surface area (Å²) in [7, 11) is 0. The van der Waals surface area contributed by atoms with Gasteiger partial charge in [0.05, 0.1) is 0 Å². The van der Waals surface area contributed by atoms with Crippen molar-refractivity contribution >= 4 is 22.1 Å². The van der Waals surface area contributed by atoms with Gasteiger partial charge in [0, 0.05) is 17.5 Å². The van der Waals surface area contributed by atoms with Crippen LogP contribution in [0.25, 0.3) is 55.7 Å². The van der Waals surface area contributed by atoms with E-state index < -0.39 is 0 Å². The molecule has 0 aliphatic rings. The van der Waals surface area contributed by atoms with Crippen LogP contribution in [-0.2, 0) is 6.42 Å². The molecule has 228 valence electrons. The van der Waals surface area contributed by atoms with Crippen LogP contribution in [-0.4, -0.2) is 40.2 Å². The fraction of sp³-hybridized carbons (Fsp3) is 0.0769. The summed E-state index contributed by atoms with van der Waals surface area (Å²) in [4.78, 5) is 2.96. The van der Waals surface area contributed by atoms with Crippen LogP contribution in [0.1, 0.15) is 22.3 Å². The number of aryl methyl sites for hydroxylation is 2. The molecule has 0 spiro atoms. The van der Waals surface area contributed by atoms with Crippen LogP contribution in [0.15, 0.2) is 121 Å². The number of phenols is 2. The molecule has 2 aromatic heterocycles. The molecular formula is C39H30N6O2. The van der Waals surface area contributed by atoms with E-state index >= 15 is 0 Å². The SMILES string of the molecule is Cc1cc(Cc2cc(C)cc(-n3nc4ccc(-c5ccccc5)cc4n3)c2O)c(O)c(-n2nc3ccc(-c4ccccc4)cc3n2)c1. The van der Waals surface area contributed by atoms with E-state index in [1.54, 1.807) is 0 Å². The van der Waals surface area contributed by atoms with Crippen LogP contribution >= 0.6 is 0 Å². The van der Waals surface area contributed by atoms with E-state index in [1.807, 2.05) is 111 Å². The third-order valence-electron chi connectivity index (χ3n) is 8.41. The van der Waals surface area contributed by atoms with Crippen molar-refractivity contribution in [1.82, 2.24) is 30.0 Å². The molecule has 47 heavy (non-hydrogen) atoms. The fourth-order valence-electron chi connectivity index (χ4n) is 6.11. The van der Waals surface area contributed by atoms with Crippen molar-refractivity contribution in [2.45, 2.75) is 20.3 Å². The molecule has 8 nitrogen and oxygen atoms in total. The molecule has 0 fully saturated rings. The number of phenolic OH excluding ortho intramolecular Hbond substituents is 2. The normalized spacial score (nSPS) is 11.4. The Morgan fingerprint density at radius 2 is 0.851 bits per heavy atom. The summed E-state index contributed by atoms with van der Waals surface area (Å²) < 4.78 is 0. The van der Waals surface area contributed by atoms with Gasteiger partial charge in [-0.05, 0) is 83.6 Å². The van der Waals surface area contributed by atoms with Crippen LogP contribution in [0, 0.1) is 13.8 Å². The molecular weight excluding hydrogens is 584 g/mol. The van der Waals surface area contributed by atoms with Crippen molar-refractivity contribution in [2.24, 2.45) is 0 Å². The van der Waals surface area contributed by atoms with Crippen molar-refractivity contribution in [3.8, 4) is 45.1 Å². The minimum absolute atomic E-state index is 0.0537. The topological polar surface area (TPSA) is 102 Å². The zero-order valence-corrected chi connectivity index (χ0v) is 25.8. The van der Waals surface area contributed by atoms with Crippen molar-refractivity contribution in [2.75, 3.05) is 0 Å². The molecule has 0 aliphatic carbocycles. The lowest BCUT2D eigenvalue weighted by Gasteiger charge is -2.14. The predicted molar refractivity (Wildman–Crippen MR) is 184 cm³/mol. The number of hydrogen-bond acceptors (Lipinski definition) is 6. The summed E-state index contributed by atoms with van der Waals surface area (Å²) in [6.45, 7) is 3.93. The molecule has 8 heteroatoms. The first kappa shape index (κ1) is 28.2. The number of rotatable bonds is 6. The highest BCUT2D eigenvalue weighted by Crippen LogP contribution is 2.35. The maximum absolute atomic E-state index is 11.5. The van der Waals surface area contributed by atoms with Crippen LogP contribution in [0.4, 0.5) is 0 Å². The molecule has 0 aliphatic heterocycles. The molecule has 0 radical (unpaired) electrons. The predicted octanol–water partition coefficient (Wildman–Crippen LogP) is 8.11. The number of nitrogens with zero attached hydrogens (tertiary/aromatic N) is 6. The van der Waals surface area contributed by atoms with Crippen LogP contribution < -0.4 is 0 Å². The Balaban J connectivity index is 1.14. The largest absolute Gasteiger partial charge is 0.505 e. The first-order valence-corrected chi connectivity index (χ1v) is 15.4. The van der Waals surface area contributed by atoms with E-state index in [2.05, 4.69) is 34.5 Å². The molecule has 8 rings (SSSR count). The minimum Gasteiger partial charge on any atom is -0.505 e. The molecule has 8 aromatic rings. The second kappa shape index (κ2) is 11.3. The van der Waals surface area contributed by atoms with Gasteiger partial charge in [-0.2, -0.15) is 0 Å². The lowest BCUT2D eigenvalue weighted by molar-refractivity contribution is 0.455. The zero-order valence-electron chi connectivity index (χ0n) is 25.8. The lowest BCUT2D eigenvalue weighted by Crippen LogP contribution is -2.04. The third-order valence-corrected chi connectivity index (χ3v) is 8.41. The van der Waals surface area contributed by atoms with Crippen LogP contribution in [0.5, 0.6) is 11.5 Å². The average Bonchev–Trinajstić information content (AvgIpc) is 3.72. The first-order valence-electron chi connectivity index (χ1n) is 15.4. The summed E-state index contributed by atoms with van der Waals surface area (Å²) in [5.41, 5.74) is 11.3. The summed E-state index contributed by atoms with van der Waals surface area (Å²) in [5, 5.41) is 41.9. The maximum Gasteiger partial charge on any atom is 0.146 e. The molecule has 2 N–H and O–H groups in total. The number of aromatic nitrogens is 6. The highest BCUT2D eigenvalue weighted by molar-refractivity contribution is 5.82. The van der Waals surface area contributed by atoms with E-state index in [0.29, 0.717) is 22.5 Å². The van der Waals surface area contributed by atoms with E-state index in [9.17, 15) is 10.2 Å². The third kappa shape index (κ3) is 5.25. The Hall–Kier alpha value is -6.28. The van der Waals surface area contributed by atoms with E-state index in [4.69, 9.17) is 10.2 Å². The van der Waals surface area contributed by atoms with E-state index in [0.717, 1.165) is 55.4 Å². The molecule has 6 aromatic carbocycles. The van der Waals surface area contributed by atoms with Crippen molar-refractivity contribution in [1.29, 1.82) is 0 Å². The van der Waals surface area contributed by atoms with Gasteiger partial charge >= 0.3 is 0 Å². The maximum atomic E-state index is 11.5. The van der Waals surface area contributed by atoms with Crippen LogP contribution in [0.2, 0.25) is 0 Å². The van der Waals surface area contributed by atoms with Gasteiger partial charge in [0.25, 0.3) is 0 Å². The quantitative estimate of drug-likeness (QED) is 0.196. The summed E-state index contributed by atoms with van der Waals surface area (Å²) in [5.74, 6) is 0.107. The monoisotopic (exact) mass is 614 g/mol. The van der Waals surface area contributed by atoms with Gasteiger partial charge in [-0.25, -0.2) is 0 Å². The zero-order chi connectivity index (χ0) is 32.1. The summed E-state index contributed by atoms with van der Waals surface area (Å²) in [6.07, 6.45) is 0.277. The van der Waals surface area contributed by atoms with Gasteiger partial charge < -0.3 is 10.2 Å². The van der Waals surface area contributed by atoms with Gasteiger partial charge in [0.15, 0.2) is 0 Å². The molecule has 2 heterocycles. The van der Waals surface area contributed by atoms with E-state index in [-0.39, 0.29) is 17.9 Å². The van der Waals surface area contributed by atoms with Gasteiger partial charge in [0.2, 0.25) is 0 Å². The summed E-state index contributed by atoms with van der Waals surface area (Å²) in [6, 6.07) is 39.7. The Morgan fingerprint density at radius 3 is 1.28 bits per heavy atom. The number of fused-ring (bicyclic) bond motifs is 2. The van der Waals surface area contributed by atoms with E-state index in [1.165, 1.54) is 9.59 Å². The standard InChI is InChI=1S/C39H30N6O2/c1-24-17-30(38(46)36(19-24)44-40-32-15-13-28(22-34(32)42-44)26-9-5-3-6-10-26)21-31-18-25(2)20-37(39(31)47)45-41-33-16-14-29(23-35(33)43-45)27-11-7-4-8-12-27/h3-20,22-23,46-47H,21H2,1-2H3. The number of benzene rings is 6. The molecule has 0 saturated heterocycles. The Morgan fingerprint density at radius 1 is 0.447 bits per heavy atom. The molecule has 0 bridgehead atoms. The molecule has 0 amide bonds.